The average Bonchev–Trinajstić information content (AvgIpc) is 3.25. The van der Waals surface area contributed by atoms with Gasteiger partial charge in [-0.25, -0.2) is 0 Å². The molecule has 2 rings (SSSR count). The van der Waals surface area contributed by atoms with Gasteiger partial charge in [0.1, 0.15) is 0 Å². The Balaban J connectivity index is 1.76. The van der Waals surface area contributed by atoms with Crippen molar-refractivity contribution in [1.29, 1.82) is 0 Å². The molecule has 21 heavy (non-hydrogen) atoms. The van der Waals surface area contributed by atoms with Gasteiger partial charge in [-0.15, -0.1) is 11.8 Å². The first-order valence-corrected chi connectivity index (χ1v) is 8.36. The first-order valence-electron chi connectivity index (χ1n) is 7.21. The lowest BCUT2D eigenvalue weighted by molar-refractivity contribution is -0.138. The van der Waals surface area contributed by atoms with Crippen LogP contribution < -0.4 is 0 Å². The molecule has 0 bridgehead atoms. The van der Waals surface area contributed by atoms with Crippen molar-refractivity contribution in [2.24, 2.45) is 0 Å². The fraction of sp³-hybridized carbons (Fsp3) is 0.500. The predicted octanol–water partition coefficient (Wildman–Crippen LogP) is 2.69. The summed E-state index contributed by atoms with van der Waals surface area (Å²) in [5, 5.41) is 8.75. The molecule has 1 aliphatic rings. The van der Waals surface area contributed by atoms with E-state index in [1.54, 1.807) is 16.7 Å². The summed E-state index contributed by atoms with van der Waals surface area (Å²) in [5.74, 6) is 0.449. The van der Waals surface area contributed by atoms with E-state index in [0.717, 1.165) is 18.6 Å². The smallest absolute Gasteiger partial charge is 0.305 e. The van der Waals surface area contributed by atoms with E-state index in [9.17, 15) is 9.59 Å². The molecule has 0 radical (unpaired) electrons. The molecular formula is C16H21NO3S. The quantitative estimate of drug-likeness (QED) is 0.802. The summed E-state index contributed by atoms with van der Waals surface area (Å²) in [6.07, 6.45) is 2.05. The average molecular weight is 307 g/mol. The van der Waals surface area contributed by atoms with Crippen LogP contribution in [0.1, 0.15) is 30.4 Å². The fourth-order valence-electron chi connectivity index (χ4n) is 2.14. The summed E-state index contributed by atoms with van der Waals surface area (Å²) in [4.78, 5) is 24.6. The number of carboxylic acid groups (broad SMARTS) is 1. The van der Waals surface area contributed by atoms with Gasteiger partial charge >= 0.3 is 5.97 Å². The highest BCUT2D eigenvalue weighted by molar-refractivity contribution is 7.99. The lowest BCUT2D eigenvalue weighted by Crippen LogP contribution is -2.36. The second kappa shape index (κ2) is 7.50. The maximum Gasteiger partial charge on any atom is 0.305 e. The second-order valence-electron chi connectivity index (χ2n) is 5.44. The van der Waals surface area contributed by atoms with Crippen molar-refractivity contribution in [1.82, 2.24) is 4.90 Å². The number of carboxylic acids is 1. The molecule has 1 aromatic rings. The normalized spacial score (nSPS) is 14.0. The number of nitrogens with zero attached hydrogens (tertiary/aromatic N) is 1. The molecule has 0 spiro atoms. The van der Waals surface area contributed by atoms with Gasteiger partial charge in [0.15, 0.2) is 0 Å². The molecule has 1 amide bonds. The number of amides is 1. The van der Waals surface area contributed by atoms with Crippen molar-refractivity contribution in [3.05, 3.63) is 35.4 Å². The first kappa shape index (κ1) is 15.9. The van der Waals surface area contributed by atoms with Gasteiger partial charge in [-0.2, -0.15) is 0 Å². The highest BCUT2D eigenvalue weighted by atomic mass is 32.2. The molecule has 0 saturated heterocycles. The van der Waals surface area contributed by atoms with E-state index in [1.165, 1.54) is 11.1 Å². The molecule has 1 fully saturated rings. The topological polar surface area (TPSA) is 57.6 Å². The number of rotatable bonds is 8. The molecule has 1 aliphatic carbocycles. The lowest BCUT2D eigenvalue weighted by atomic mass is 10.2. The Kier molecular flexibility index (Phi) is 5.67. The second-order valence-corrected chi connectivity index (χ2v) is 6.43. The van der Waals surface area contributed by atoms with E-state index in [2.05, 4.69) is 31.2 Å². The predicted molar refractivity (Wildman–Crippen MR) is 84.3 cm³/mol. The standard InChI is InChI=1S/C16H21NO3S/c1-12-2-4-13(5-3-12)10-21-11-15(18)17(14-6-7-14)9-8-16(19)20/h2-5,14H,6-11H2,1H3,(H,19,20). The Morgan fingerprint density at radius 3 is 2.52 bits per heavy atom. The van der Waals surface area contributed by atoms with Crippen LogP contribution in [0.2, 0.25) is 0 Å². The molecule has 0 unspecified atom stereocenters. The van der Waals surface area contributed by atoms with Crippen LogP contribution in [0.3, 0.4) is 0 Å². The van der Waals surface area contributed by atoms with E-state index < -0.39 is 5.97 Å². The molecule has 0 heterocycles. The summed E-state index contributed by atoms with van der Waals surface area (Å²) in [5.41, 5.74) is 2.44. The number of thioether (sulfide) groups is 1. The van der Waals surface area contributed by atoms with Gasteiger partial charge in [0.2, 0.25) is 5.91 Å². The summed E-state index contributed by atoms with van der Waals surface area (Å²) < 4.78 is 0. The molecule has 0 atom stereocenters. The van der Waals surface area contributed by atoms with Crippen molar-refractivity contribution in [2.75, 3.05) is 12.3 Å². The fourth-order valence-corrected chi connectivity index (χ4v) is 3.01. The number of carbonyl (C=O) groups is 2. The van der Waals surface area contributed by atoms with E-state index >= 15 is 0 Å². The van der Waals surface area contributed by atoms with E-state index in [0.29, 0.717) is 12.3 Å². The van der Waals surface area contributed by atoms with Crippen molar-refractivity contribution >= 4 is 23.6 Å². The number of hydrogen-bond donors (Lipinski definition) is 1. The number of aryl methyl sites for hydroxylation is 1. The minimum Gasteiger partial charge on any atom is -0.481 e. The Morgan fingerprint density at radius 2 is 1.95 bits per heavy atom. The SMILES string of the molecule is Cc1ccc(CSCC(=O)N(CCC(=O)O)C2CC2)cc1. The van der Waals surface area contributed by atoms with Gasteiger partial charge in [-0.3, -0.25) is 9.59 Å². The Bertz CT molecular complexity index is 497. The Hall–Kier alpha value is -1.49. The van der Waals surface area contributed by atoms with Crippen molar-refractivity contribution in [3.8, 4) is 0 Å². The van der Waals surface area contributed by atoms with Crippen LogP contribution in [-0.4, -0.2) is 40.2 Å². The number of carbonyl (C=O) groups excluding carboxylic acids is 1. The summed E-state index contributed by atoms with van der Waals surface area (Å²) in [6, 6.07) is 8.57. The molecule has 0 aromatic heterocycles. The molecule has 0 aliphatic heterocycles. The van der Waals surface area contributed by atoms with Crippen LogP contribution in [0.25, 0.3) is 0 Å². The number of aliphatic carboxylic acids is 1. The van der Waals surface area contributed by atoms with E-state index in [4.69, 9.17) is 5.11 Å². The summed E-state index contributed by atoms with van der Waals surface area (Å²) in [7, 11) is 0. The monoisotopic (exact) mass is 307 g/mol. The number of benzene rings is 1. The Labute approximate surface area is 129 Å². The van der Waals surface area contributed by atoms with Crippen LogP contribution >= 0.6 is 11.8 Å². The molecular weight excluding hydrogens is 286 g/mol. The third-order valence-electron chi connectivity index (χ3n) is 3.49. The van der Waals surface area contributed by atoms with Crippen molar-refractivity contribution in [2.45, 2.75) is 38.0 Å². The molecule has 1 aromatic carbocycles. The van der Waals surface area contributed by atoms with Gasteiger partial charge in [-0.05, 0) is 25.3 Å². The van der Waals surface area contributed by atoms with E-state index in [-0.39, 0.29) is 18.4 Å². The van der Waals surface area contributed by atoms with Gasteiger partial charge in [0.25, 0.3) is 0 Å². The zero-order valence-corrected chi connectivity index (χ0v) is 13.1. The zero-order valence-electron chi connectivity index (χ0n) is 12.2. The summed E-state index contributed by atoms with van der Waals surface area (Å²) in [6.45, 7) is 2.39. The molecule has 114 valence electrons. The minimum atomic E-state index is -0.847. The minimum absolute atomic E-state index is 0.0326. The molecule has 4 nitrogen and oxygen atoms in total. The molecule has 5 heteroatoms. The summed E-state index contributed by atoms with van der Waals surface area (Å²) >= 11 is 1.59. The molecule has 1 N–H and O–H groups in total. The molecule has 1 saturated carbocycles. The highest BCUT2D eigenvalue weighted by Gasteiger charge is 2.32. The van der Waals surface area contributed by atoms with Gasteiger partial charge in [0, 0.05) is 18.3 Å². The maximum atomic E-state index is 12.2. The first-order chi connectivity index (χ1) is 10.1. The van der Waals surface area contributed by atoms with Crippen LogP contribution in [0.4, 0.5) is 0 Å². The zero-order chi connectivity index (χ0) is 15.2. The largest absolute Gasteiger partial charge is 0.481 e. The van der Waals surface area contributed by atoms with Crippen LogP contribution in [0, 0.1) is 6.92 Å². The van der Waals surface area contributed by atoms with Gasteiger partial charge in [-0.1, -0.05) is 29.8 Å². The van der Waals surface area contributed by atoms with Crippen LogP contribution in [0.15, 0.2) is 24.3 Å². The third-order valence-corrected chi connectivity index (χ3v) is 4.48. The Morgan fingerprint density at radius 1 is 1.29 bits per heavy atom. The van der Waals surface area contributed by atoms with Crippen molar-refractivity contribution < 1.29 is 14.7 Å². The third kappa shape index (κ3) is 5.42. The van der Waals surface area contributed by atoms with Gasteiger partial charge < -0.3 is 10.0 Å². The van der Waals surface area contributed by atoms with Crippen molar-refractivity contribution in [3.63, 3.8) is 0 Å². The highest BCUT2D eigenvalue weighted by Crippen LogP contribution is 2.28. The lowest BCUT2D eigenvalue weighted by Gasteiger charge is -2.21. The van der Waals surface area contributed by atoms with Gasteiger partial charge in [0.05, 0.1) is 12.2 Å². The number of hydrogen-bond acceptors (Lipinski definition) is 3. The van der Waals surface area contributed by atoms with E-state index in [1.807, 2.05) is 0 Å². The van der Waals surface area contributed by atoms with Crippen LogP contribution in [0.5, 0.6) is 0 Å². The van der Waals surface area contributed by atoms with Crippen LogP contribution in [-0.2, 0) is 15.3 Å². The maximum absolute atomic E-state index is 12.2.